The summed E-state index contributed by atoms with van der Waals surface area (Å²) < 4.78 is 5.38. The molecule has 1 aliphatic heterocycles. The van der Waals surface area contributed by atoms with E-state index in [0.29, 0.717) is 28.8 Å². The number of imide groups is 1. The van der Waals surface area contributed by atoms with Gasteiger partial charge >= 0.3 is 0 Å². The van der Waals surface area contributed by atoms with Crippen LogP contribution in [0.5, 0.6) is 5.75 Å². The van der Waals surface area contributed by atoms with Crippen LogP contribution in [0.15, 0.2) is 30.3 Å². The minimum atomic E-state index is -0.212. The normalized spacial score (nSPS) is 13.8. The van der Waals surface area contributed by atoms with Gasteiger partial charge < -0.3 is 9.64 Å². The number of benzene rings is 2. The molecule has 5 heteroatoms. The van der Waals surface area contributed by atoms with Crippen LogP contribution >= 0.6 is 0 Å². The van der Waals surface area contributed by atoms with Crippen molar-refractivity contribution in [2.45, 2.75) is 20.3 Å². The number of methoxy groups -OCH3 is 1. The summed E-state index contributed by atoms with van der Waals surface area (Å²) in [7, 11) is 1.59. The Labute approximate surface area is 148 Å². The van der Waals surface area contributed by atoms with E-state index in [1.165, 1.54) is 4.90 Å². The lowest BCUT2D eigenvalue weighted by atomic mass is 9.93. The maximum atomic E-state index is 12.9. The predicted molar refractivity (Wildman–Crippen MR) is 98.3 cm³/mol. The Balaban J connectivity index is 1.91. The lowest BCUT2D eigenvalue weighted by Gasteiger charge is -2.28. The maximum absolute atomic E-state index is 12.9. The first kappa shape index (κ1) is 17.4. The second kappa shape index (κ2) is 7.23. The number of hydrogen-bond donors (Lipinski definition) is 0. The average molecular weight is 340 g/mol. The van der Waals surface area contributed by atoms with Gasteiger partial charge in [0.25, 0.3) is 11.8 Å². The molecule has 0 bridgehead atoms. The standard InChI is InChI=1S/C20H24N2O3/c1-4-21(5-2)12-7-13-22-19(23)15-9-6-8-14-17(25-3)11-10-16(18(14)15)20(22)24/h6,8-11H,4-5,7,12-13H2,1-3H3. The SMILES string of the molecule is CCN(CC)CCCN1C(=O)c2cccc3c(OC)ccc(c23)C1=O. The van der Waals surface area contributed by atoms with Crippen LogP contribution < -0.4 is 4.74 Å². The number of amides is 2. The number of nitrogens with zero attached hydrogens (tertiary/aromatic N) is 2. The summed E-state index contributed by atoms with van der Waals surface area (Å²) in [6.07, 6.45) is 0.778. The molecule has 25 heavy (non-hydrogen) atoms. The highest BCUT2D eigenvalue weighted by Gasteiger charge is 2.33. The monoisotopic (exact) mass is 340 g/mol. The van der Waals surface area contributed by atoms with E-state index in [2.05, 4.69) is 18.7 Å². The zero-order chi connectivity index (χ0) is 18.0. The molecule has 0 spiro atoms. The van der Waals surface area contributed by atoms with Crippen molar-refractivity contribution in [1.82, 2.24) is 9.80 Å². The van der Waals surface area contributed by atoms with Gasteiger partial charge in [0.2, 0.25) is 0 Å². The molecule has 1 aliphatic rings. The van der Waals surface area contributed by atoms with E-state index in [1.807, 2.05) is 12.1 Å². The third kappa shape index (κ3) is 3.00. The van der Waals surface area contributed by atoms with E-state index in [0.717, 1.165) is 31.4 Å². The number of hydrogen-bond acceptors (Lipinski definition) is 4. The molecule has 0 aliphatic carbocycles. The number of ether oxygens (including phenoxy) is 1. The van der Waals surface area contributed by atoms with Crippen LogP contribution in [0.1, 0.15) is 41.0 Å². The van der Waals surface area contributed by atoms with Crippen molar-refractivity contribution in [2.75, 3.05) is 33.3 Å². The van der Waals surface area contributed by atoms with E-state index in [4.69, 9.17) is 4.74 Å². The lowest BCUT2D eigenvalue weighted by molar-refractivity contribution is 0.0604. The molecular formula is C20H24N2O3. The van der Waals surface area contributed by atoms with Crippen LogP contribution in [0.25, 0.3) is 10.8 Å². The minimum Gasteiger partial charge on any atom is -0.496 e. The summed E-state index contributed by atoms with van der Waals surface area (Å²) in [6.45, 7) is 7.50. The topological polar surface area (TPSA) is 49.9 Å². The Morgan fingerprint density at radius 2 is 1.68 bits per heavy atom. The van der Waals surface area contributed by atoms with Gasteiger partial charge in [0.1, 0.15) is 5.75 Å². The second-order valence-corrected chi connectivity index (χ2v) is 6.19. The molecule has 2 amide bonds. The molecule has 5 nitrogen and oxygen atoms in total. The molecule has 132 valence electrons. The predicted octanol–water partition coefficient (Wildman–Crippen LogP) is 3.18. The van der Waals surface area contributed by atoms with Gasteiger partial charge in [0.15, 0.2) is 0 Å². The summed E-state index contributed by atoms with van der Waals surface area (Å²) >= 11 is 0. The summed E-state index contributed by atoms with van der Waals surface area (Å²) in [5.41, 5.74) is 1.16. The molecule has 0 radical (unpaired) electrons. The quantitative estimate of drug-likeness (QED) is 0.727. The molecule has 2 aromatic carbocycles. The van der Waals surface area contributed by atoms with Crippen LogP contribution in [-0.4, -0.2) is 54.9 Å². The van der Waals surface area contributed by atoms with Gasteiger partial charge in [-0.15, -0.1) is 0 Å². The molecule has 0 N–H and O–H groups in total. The van der Waals surface area contributed by atoms with Crippen LogP contribution in [0.4, 0.5) is 0 Å². The molecule has 2 aromatic rings. The number of rotatable bonds is 7. The van der Waals surface area contributed by atoms with E-state index in [1.54, 1.807) is 25.3 Å². The third-order valence-corrected chi connectivity index (χ3v) is 4.92. The first-order valence-corrected chi connectivity index (χ1v) is 8.80. The summed E-state index contributed by atoms with van der Waals surface area (Å²) in [5.74, 6) is 0.253. The molecular weight excluding hydrogens is 316 g/mol. The first-order valence-electron chi connectivity index (χ1n) is 8.80. The molecule has 0 unspecified atom stereocenters. The Kier molecular flexibility index (Phi) is 5.04. The summed E-state index contributed by atoms with van der Waals surface area (Å²) in [6, 6.07) is 9.07. The minimum absolute atomic E-state index is 0.212. The van der Waals surface area contributed by atoms with Crippen LogP contribution in [0.2, 0.25) is 0 Å². The fourth-order valence-corrected chi connectivity index (χ4v) is 3.49. The van der Waals surface area contributed by atoms with Crippen molar-refractivity contribution in [3.8, 4) is 5.75 Å². The maximum Gasteiger partial charge on any atom is 0.261 e. The van der Waals surface area contributed by atoms with Crippen molar-refractivity contribution >= 4 is 22.6 Å². The largest absolute Gasteiger partial charge is 0.496 e. The van der Waals surface area contributed by atoms with Crippen LogP contribution in [0.3, 0.4) is 0 Å². The van der Waals surface area contributed by atoms with Crippen molar-refractivity contribution < 1.29 is 14.3 Å². The molecule has 3 rings (SSSR count). The van der Waals surface area contributed by atoms with Crippen LogP contribution in [-0.2, 0) is 0 Å². The van der Waals surface area contributed by atoms with Gasteiger partial charge in [-0.25, -0.2) is 0 Å². The van der Waals surface area contributed by atoms with Gasteiger partial charge in [-0.05, 0) is 44.3 Å². The van der Waals surface area contributed by atoms with E-state index in [9.17, 15) is 9.59 Å². The second-order valence-electron chi connectivity index (χ2n) is 6.19. The molecule has 0 atom stereocenters. The summed E-state index contributed by atoms with van der Waals surface area (Å²) in [5, 5.41) is 1.51. The first-order chi connectivity index (χ1) is 12.1. The smallest absolute Gasteiger partial charge is 0.261 e. The third-order valence-electron chi connectivity index (χ3n) is 4.92. The molecule has 0 aromatic heterocycles. The molecule has 0 saturated carbocycles. The Morgan fingerprint density at radius 1 is 1.00 bits per heavy atom. The number of carbonyl (C=O) groups excluding carboxylic acids is 2. The zero-order valence-electron chi connectivity index (χ0n) is 15.0. The van der Waals surface area contributed by atoms with Gasteiger partial charge in [0, 0.05) is 28.4 Å². The highest BCUT2D eigenvalue weighted by molar-refractivity contribution is 6.26. The van der Waals surface area contributed by atoms with Crippen molar-refractivity contribution in [3.05, 3.63) is 41.5 Å². The highest BCUT2D eigenvalue weighted by atomic mass is 16.5. The van der Waals surface area contributed by atoms with Gasteiger partial charge in [-0.1, -0.05) is 26.0 Å². The fraction of sp³-hybridized carbons (Fsp3) is 0.400. The van der Waals surface area contributed by atoms with Crippen molar-refractivity contribution in [1.29, 1.82) is 0 Å². The summed E-state index contributed by atoms with van der Waals surface area (Å²) in [4.78, 5) is 29.4. The van der Waals surface area contributed by atoms with E-state index in [-0.39, 0.29) is 11.8 Å². The van der Waals surface area contributed by atoms with Crippen molar-refractivity contribution in [2.24, 2.45) is 0 Å². The zero-order valence-corrected chi connectivity index (χ0v) is 15.0. The molecule has 0 saturated heterocycles. The average Bonchev–Trinajstić information content (AvgIpc) is 2.65. The molecule has 1 heterocycles. The van der Waals surface area contributed by atoms with Gasteiger partial charge in [0.05, 0.1) is 7.11 Å². The Morgan fingerprint density at radius 3 is 2.32 bits per heavy atom. The van der Waals surface area contributed by atoms with E-state index < -0.39 is 0 Å². The van der Waals surface area contributed by atoms with Crippen molar-refractivity contribution in [3.63, 3.8) is 0 Å². The Bertz CT molecular complexity index is 790. The Hall–Kier alpha value is -2.40. The van der Waals surface area contributed by atoms with Crippen LogP contribution in [0, 0.1) is 0 Å². The lowest BCUT2D eigenvalue weighted by Crippen LogP contribution is -2.41. The highest BCUT2D eigenvalue weighted by Crippen LogP contribution is 2.35. The fourth-order valence-electron chi connectivity index (χ4n) is 3.49. The van der Waals surface area contributed by atoms with Gasteiger partial charge in [-0.3, -0.25) is 14.5 Å². The number of carbonyl (C=O) groups is 2. The van der Waals surface area contributed by atoms with E-state index >= 15 is 0 Å². The molecule has 0 fully saturated rings. The van der Waals surface area contributed by atoms with Gasteiger partial charge in [-0.2, -0.15) is 0 Å².